The van der Waals surface area contributed by atoms with Gasteiger partial charge in [0.25, 0.3) is 0 Å². The lowest BCUT2D eigenvalue weighted by molar-refractivity contribution is -0.125. The zero-order chi connectivity index (χ0) is 12.1. The SMILES string of the molecule is Cc1ccc(CNC(=O)C2CC=CCC2)cc1. The standard InChI is InChI=1S/C15H19NO/c1-12-7-9-13(10-8-12)11-16-15(17)14-5-3-2-4-6-14/h2-3,7-10,14H,4-6,11H2,1H3,(H,16,17). The van der Waals surface area contributed by atoms with Crippen molar-refractivity contribution in [2.45, 2.75) is 32.7 Å². The molecule has 1 aromatic carbocycles. The number of amides is 1. The molecular weight excluding hydrogens is 210 g/mol. The second-order valence-corrected chi connectivity index (χ2v) is 4.68. The van der Waals surface area contributed by atoms with E-state index in [4.69, 9.17) is 0 Å². The van der Waals surface area contributed by atoms with Gasteiger partial charge in [0.2, 0.25) is 5.91 Å². The minimum atomic E-state index is 0.172. The second-order valence-electron chi connectivity index (χ2n) is 4.68. The van der Waals surface area contributed by atoms with Gasteiger partial charge in [0, 0.05) is 12.5 Å². The predicted molar refractivity (Wildman–Crippen MR) is 69.5 cm³/mol. The van der Waals surface area contributed by atoms with Gasteiger partial charge in [-0.2, -0.15) is 0 Å². The molecule has 1 aromatic rings. The Morgan fingerprint density at radius 1 is 1.29 bits per heavy atom. The maximum atomic E-state index is 11.9. The van der Waals surface area contributed by atoms with Crippen molar-refractivity contribution < 1.29 is 4.79 Å². The van der Waals surface area contributed by atoms with Crippen LogP contribution in [0.3, 0.4) is 0 Å². The number of hydrogen-bond acceptors (Lipinski definition) is 1. The fourth-order valence-corrected chi connectivity index (χ4v) is 2.07. The van der Waals surface area contributed by atoms with Gasteiger partial charge in [0.05, 0.1) is 0 Å². The van der Waals surface area contributed by atoms with Crippen molar-refractivity contribution in [3.63, 3.8) is 0 Å². The number of nitrogens with one attached hydrogen (secondary N) is 1. The minimum absolute atomic E-state index is 0.172. The van der Waals surface area contributed by atoms with Crippen molar-refractivity contribution in [2.75, 3.05) is 0 Å². The van der Waals surface area contributed by atoms with Gasteiger partial charge in [0.1, 0.15) is 0 Å². The summed E-state index contributed by atoms with van der Waals surface area (Å²) in [6.07, 6.45) is 7.17. The van der Waals surface area contributed by atoms with Crippen LogP contribution in [-0.2, 0) is 11.3 Å². The van der Waals surface area contributed by atoms with Gasteiger partial charge in [-0.15, -0.1) is 0 Å². The summed E-state index contributed by atoms with van der Waals surface area (Å²) in [4.78, 5) is 11.9. The Morgan fingerprint density at radius 2 is 2.06 bits per heavy atom. The van der Waals surface area contributed by atoms with Gasteiger partial charge in [-0.3, -0.25) is 4.79 Å². The van der Waals surface area contributed by atoms with Crippen LogP contribution >= 0.6 is 0 Å². The predicted octanol–water partition coefficient (Wildman–Crippen LogP) is 2.97. The zero-order valence-corrected chi connectivity index (χ0v) is 10.3. The van der Waals surface area contributed by atoms with E-state index in [1.807, 2.05) is 0 Å². The molecule has 2 nitrogen and oxygen atoms in total. The highest BCUT2D eigenvalue weighted by Crippen LogP contribution is 2.18. The zero-order valence-electron chi connectivity index (χ0n) is 10.3. The van der Waals surface area contributed by atoms with Crippen LogP contribution in [0.5, 0.6) is 0 Å². The van der Waals surface area contributed by atoms with Gasteiger partial charge in [-0.1, -0.05) is 42.0 Å². The molecule has 0 spiro atoms. The molecule has 2 rings (SSSR count). The van der Waals surface area contributed by atoms with Crippen molar-refractivity contribution in [2.24, 2.45) is 5.92 Å². The van der Waals surface area contributed by atoms with Gasteiger partial charge < -0.3 is 5.32 Å². The van der Waals surface area contributed by atoms with E-state index < -0.39 is 0 Å². The Hall–Kier alpha value is -1.57. The summed E-state index contributed by atoms with van der Waals surface area (Å²) >= 11 is 0. The maximum Gasteiger partial charge on any atom is 0.223 e. The van der Waals surface area contributed by atoms with Gasteiger partial charge in [0.15, 0.2) is 0 Å². The molecule has 0 aromatic heterocycles. The maximum absolute atomic E-state index is 11.9. The van der Waals surface area contributed by atoms with Crippen molar-refractivity contribution in [3.05, 3.63) is 47.5 Å². The Balaban J connectivity index is 1.83. The third kappa shape index (κ3) is 3.45. The number of hydrogen-bond donors (Lipinski definition) is 1. The number of benzene rings is 1. The lowest BCUT2D eigenvalue weighted by Crippen LogP contribution is -2.30. The molecule has 1 atom stereocenters. The Labute approximate surface area is 103 Å². The van der Waals surface area contributed by atoms with E-state index >= 15 is 0 Å². The molecule has 0 bridgehead atoms. The summed E-state index contributed by atoms with van der Waals surface area (Å²) in [5, 5.41) is 3.02. The monoisotopic (exact) mass is 229 g/mol. The third-order valence-corrected chi connectivity index (χ3v) is 3.23. The van der Waals surface area contributed by atoms with Crippen LogP contribution < -0.4 is 5.32 Å². The fraction of sp³-hybridized carbons (Fsp3) is 0.400. The van der Waals surface area contributed by atoms with Crippen molar-refractivity contribution in [1.82, 2.24) is 5.32 Å². The minimum Gasteiger partial charge on any atom is -0.352 e. The smallest absolute Gasteiger partial charge is 0.223 e. The number of aryl methyl sites for hydroxylation is 1. The highest BCUT2D eigenvalue weighted by molar-refractivity contribution is 5.78. The Bertz CT molecular complexity index is 405. The van der Waals surface area contributed by atoms with Crippen LogP contribution in [0.25, 0.3) is 0 Å². The molecule has 0 saturated heterocycles. The van der Waals surface area contributed by atoms with Crippen LogP contribution in [0, 0.1) is 12.8 Å². The number of carbonyl (C=O) groups excluding carboxylic acids is 1. The topological polar surface area (TPSA) is 29.1 Å². The van der Waals surface area contributed by atoms with Crippen molar-refractivity contribution in [1.29, 1.82) is 0 Å². The van der Waals surface area contributed by atoms with Gasteiger partial charge in [-0.25, -0.2) is 0 Å². The van der Waals surface area contributed by atoms with Crippen LogP contribution in [0.15, 0.2) is 36.4 Å². The van der Waals surface area contributed by atoms with E-state index in [9.17, 15) is 4.79 Å². The molecule has 0 heterocycles. The van der Waals surface area contributed by atoms with Crippen LogP contribution in [-0.4, -0.2) is 5.91 Å². The number of carbonyl (C=O) groups is 1. The first kappa shape index (κ1) is 11.9. The molecule has 1 unspecified atom stereocenters. The first-order valence-electron chi connectivity index (χ1n) is 6.24. The molecule has 0 saturated carbocycles. The van der Waals surface area contributed by atoms with Crippen molar-refractivity contribution >= 4 is 5.91 Å². The average molecular weight is 229 g/mol. The van der Waals surface area contributed by atoms with E-state index in [0.717, 1.165) is 24.8 Å². The first-order valence-corrected chi connectivity index (χ1v) is 6.24. The molecule has 1 aliphatic rings. The van der Waals surface area contributed by atoms with Crippen LogP contribution in [0.1, 0.15) is 30.4 Å². The lowest BCUT2D eigenvalue weighted by Gasteiger charge is -2.17. The van der Waals surface area contributed by atoms with E-state index in [1.54, 1.807) is 0 Å². The van der Waals surface area contributed by atoms with Crippen LogP contribution in [0.4, 0.5) is 0 Å². The van der Waals surface area contributed by atoms with E-state index in [0.29, 0.717) is 6.54 Å². The lowest BCUT2D eigenvalue weighted by atomic mass is 9.93. The van der Waals surface area contributed by atoms with Crippen molar-refractivity contribution in [3.8, 4) is 0 Å². The molecular formula is C15H19NO. The number of rotatable bonds is 3. The molecule has 1 aliphatic carbocycles. The fourth-order valence-electron chi connectivity index (χ4n) is 2.07. The molecule has 1 N–H and O–H groups in total. The average Bonchev–Trinajstić information content (AvgIpc) is 2.39. The molecule has 90 valence electrons. The molecule has 2 heteroatoms. The molecule has 0 aliphatic heterocycles. The summed E-state index contributed by atoms with van der Waals surface area (Å²) in [5.41, 5.74) is 2.41. The highest BCUT2D eigenvalue weighted by atomic mass is 16.1. The van der Waals surface area contributed by atoms with Gasteiger partial charge in [-0.05, 0) is 31.7 Å². The summed E-state index contributed by atoms with van der Waals surface area (Å²) in [7, 11) is 0. The summed E-state index contributed by atoms with van der Waals surface area (Å²) < 4.78 is 0. The Kier molecular flexibility index (Phi) is 3.97. The van der Waals surface area contributed by atoms with E-state index in [1.165, 1.54) is 5.56 Å². The highest BCUT2D eigenvalue weighted by Gasteiger charge is 2.17. The molecule has 0 radical (unpaired) electrons. The quantitative estimate of drug-likeness (QED) is 0.793. The van der Waals surface area contributed by atoms with E-state index in [2.05, 4.69) is 48.7 Å². The molecule has 17 heavy (non-hydrogen) atoms. The van der Waals surface area contributed by atoms with Gasteiger partial charge >= 0.3 is 0 Å². The van der Waals surface area contributed by atoms with E-state index in [-0.39, 0.29) is 11.8 Å². The number of allylic oxidation sites excluding steroid dienone is 2. The second kappa shape index (κ2) is 5.67. The molecule has 1 amide bonds. The first-order chi connectivity index (χ1) is 8.25. The largest absolute Gasteiger partial charge is 0.352 e. The van der Waals surface area contributed by atoms with Crippen LogP contribution in [0.2, 0.25) is 0 Å². The Morgan fingerprint density at radius 3 is 2.71 bits per heavy atom. The molecule has 0 fully saturated rings. The third-order valence-electron chi connectivity index (χ3n) is 3.23. The summed E-state index contributed by atoms with van der Waals surface area (Å²) in [6.45, 7) is 2.70. The summed E-state index contributed by atoms with van der Waals surface area (Å²) in [6, 6.07) is 8.28. The summed E-state index contributed by atoms with van der Waals surface area (Å²) in [5.74, 6) is 0.361. The normalized spacial score (nSPS) is 19.0.